The fourth-order valence-electron chi connectivity index (χ4n) is 6.13. The molecule has 0 bridgehead atoms. The Morgan fingerprint density at radius 2 is 1.67 bits per heavy atom. The number of carboxylic acid groups (broad SMARTS) is 1. The number of amides is 2. The Hall–Kier alpha value is -5.10. The van der Waals surface area contributed by atoms with Gasteiger partial charge in [-0.3, -0.25) is 34.6 Å². The van der Waals surface area contributed by atoms with Gasteiger partial charge in [-0.2, -0.15) is 0 Å². The summed E-state index contributed by atoms with van der Waals surface area (Å²) in [6.07, 6.45) is -0.224. The Labute approximate surface area is 239 Å². The summed E-state index contributed by atoms with van der Waals surface area (Å²) in [6, 6.07) is 15.6. The molecule has 2 saturated heterocycles. The molecule has 3 aliphatic rings. The summed E-state index contributed by atoms with van der Waals surface area (Å²) in [7, 11) is 0. The minimum Gasteiger partial charge on any atom is -0.486 e. The van der Waals surface area contributed by atoms with Gasteiger partial charge in [-0.1, -0.05) is 18.2 Å². The number of ketones is 1. The molecule has 3 heterocycles. The fraction of sp³-hybridized carbons (Fsp3) is 0.267. The zero-order chi connectivity index (χ0) is 29.8. The number of carboxylic acids is 1. The van der Waals surface area contributed by atoms with Crippen LogP contribution in [0, 0.1) is 22.0 Å². The third-order valence-corrected chi connectivity index (χ3v) is 8.12. The third kappa shape index (κ3) is 4.27. The average Bonchev–Trinajstić information content (AvgIpc) is 3.46. The smallest absolute Gasteiger partial charge is 0.325 e. The SMILES string of the molecule is CC(=O)c1ccc(N2C(=O)C3C(c4ccc5c(c4)OCCO5)NC(Cc4ccc([N+](=O)[O-])cc4)(C(=O)O)C3C2=O)cc1. The Morgan fingerprint density at radius 3 is 2.29 bits per heavy atom. The monoisotopic (exact) mass is 571 g/mol. The Kier molecular flexibility index (Phi) is 6.49. The number of benzene rings is 3. The predicted octanol–water partition coefficient (Wildman–Crippen LogP) is 3.08. The lowest BCUT2D eigenvalue weighted by Gasteiger charge is -2.31. The largest absolute Gasteiger partial charge is 0.486 e. The number of ether oxygens (including phenoxy) is 2. The summed E-state index contributed by atoms with van der Waals surface area (Å²) in [5, 5.41) is 25.0. The maximum atomic E-state index is 14.1. The quantitative estimate of drug-likeness (QED) is 0.186. The Morgan fingerprint density at radius 1 is 1.00 bits per heavy atom. The van der Waals surface area contributed by atoms with Gasteiger partial charge in [-0.15, -0.1) is 0 Å². The minimum absolute atomic E-state index is 0.165. The predicted molar refractivity (Wildman–Crippen MR) is 146 cm³/mol. The van der Waals surface area contributed by atoms with Crippen molar-refractivity contribution in [1.82, 2.24) is 5.32 Å². The molecule has 3 aromatic carbocycles. The van der Waals surface area contributed by atoms with Gasteiger partial charge in [0.15, 0.2) is 17.3 Å². The second-order valence-electron chi connectivity index (χ2n) is 10.5. The lowest BCUT2D eigenvalue weighted by Crippen LogP contribution is -2.57. The molecule has 2 N–H and O–H groups in total. The molecule has 42 heavy (non-hydrogen) atoms. The number of hydrogen-bond donors (Lipinski definition) is 2. The number of nitrogens with one attached hydrogen (secondary N) is 1. The van der Waals surface area contributed by atoms with Crippen LogP contribution in [-0.4, -0.2) is 52.3 Å². The van der Waals surface area contributed by atoms with Crippen molar-refractivity contribution in [1.29, 1.82) is 0 Å². The van der Waals surface area contributed by atoms with Crippen LogP contribution >= 0.6 is 0 Å². The molecule has 4 unspecified atom stereocenters. The van der Waals surface area contributed by atoms with Crippen LogP contribution in [0.1, 0.15) is 34.5 Å². The lowest BCUT2D eigenvalue weighted by molar-refractivity contribution is -0.384. The highest BCUT2D eigenvalue weighted by atomic mass is 16.6. The summed E-state index contributed by atoms with van der Waals surface area (Å²) in [6.45, 7) is 2.09. The van der Waals surface area contributed by atoms with E-state index in [0.29, 0.717) is 41.4 Å². The van der Waals surface area contributed by atoms with E-state index in [9.17, 15) is 34.4 Å². The van der Waals surface area contributed by atoms with E-state index in [4.69, 9.17) is 9.47 Å². The molecule has 214 valence electrons. The summed E-state index contributed by atoms with van der Waals surface area (Å²) in [4.78, 5) is 64.6. The van der Waals surface area contributed by atoms with Gasteiger partial charge in [0.1, 0.15) is 18.8 Å². The Bertz CT molecular complexity index is 1640. The number of Topliss-reactive ketones (excluding diaryl/α,β-unsaturated/α-hetero) is 1. The molecular weight excluding hydrogens is 546 g/mol. The van der Waals surface area contributed by atoms with E-state index in [2.05, 4.69) is 5.32 Å². The van der Waals surface area contributed by atoms with Gasteiger partial charge >= 0.3 is 5.97 Å². The van der Waals surface area contributed by atoms with Crippen LogP contribution in [0.4, 0.5) is 11.4 Å². The van der Waals surface area contributed by atoms with Crippen molar-refractivity contribution in [3.63, 3.8) is 0 Å². The molecule has 2 fully saturated rings. The average molecular weight is 572 g/mol. The van der Waals surface area contributed by atoms with Gasteiger partial charge in [0.2, 0.25) is 11.8 Å². The van der Waals surface area contributed by atoms with Crippen molar-refractivity contribution in [2.24, 2.45) is 11.8 Å². The lowest BCUT2D eigenvalue weighted by atomic mass is 9.76. The van der Waals surface area contributed by atoms with Crippen molar-refractivity contribution in [2.75, 3.05) is 18.1 Å². The molecule has 0 radical (unpaired) electrons. The molecule has 2 amide bonds. The van der Waals surface area contributed by atoms with Gasteiger partial charge in [-0.25, -0.2) is 4.90 Å². The first-order valence-corrected chi connectivity index (χ1v) is 13.2. The number of hydrogen-bond acceptors (Lipinski definition) is 9. The number of nitro benzene ring substituents is 1. The van der Waals surface area contributed by atoms with Crippen molar-refractivity contribution in [3.8, 4) is 11.5 Å². The number of carbonyl (C=O) groups excluding carboxylic acids is 3. The molecule has 0 aromatic heterocycles. The molecule has 12 heteroatoms. The zero-order valence-corrected chi connectivity index (χ0v) is 22.3. The fourth-order valence-corrected chi connectivity index (χ4v) is 6.13. The number of nitro groups is 1. The van der Waals surface area contributed by atoms with Crippen LogP contribution in [0.5, 0.6) is 11.5 Å². The van der Waals surface area contributed by atoms with Crippen LogP contribution in [-0.2, 0) is 20.8 Å². The molecular formula is C30H25N3O9. The standard InChI is InChI=1S/C30H25N3O9/c1-16(34)18-4-9-20(10-5-18)32-27(35)24-25(28(32)36)30(29(37)38,15-17-2-7-21(8-3-17)33(39)40)31-26(24)19-6-11-22-23(14-19)42-13-12-41-22/h2-11,14,24-26,31H,12-13,15H2,1H3,(H,37,38). The van der Waals surface area contributed by atoms with Crippen LogP contribution in [0.15, 0.2) is 66.7 Å². The van der Waals surface area contributed by atoms with E-state index in [-0.39, 0.29) is 23.6 Å². The van der Waals surface area contributed by atoms with E-state index in [1.54, 1.807) is 18.2 Å². The van der Waals surface area contributed by atoms with E-state index >= 15 is 0 Å². The van der Waals surface area contributed by atoms with Crippen LogP contribution in [0.3, 0.4) is 0 Å². The number of fused-ring (bicyclic) bond motifs is 2. The van der Waals surface area contributed by atoms with E-state index in [1.165, 1.54) is 55.5 Å². The summed E-state index contributed by atoms with van der Waals surface area (Å²) < 4.78 is 11.3. The second-order valence-corrected chi connectivity index (χ2v) is 10.5. The van der Waals surface area contributed by atoms with Crippen molar-refractivity contribution in [2.45, 2.75) is 24.9 Å². The molecule has 6 rings (SSSR count). The van der Waals surface area contributed by atoms with Crippen LogP contribution < -0.4 is 19.7 Å². The number of non-ortho nitro benzene ring substituents is 1. The van der Waals surface area contributed by atoms with Crippen molar-refractivity contribution in [3.05, 3.63) is 93.5 Å². The highest BCUT2D eigenvalue weighted by Gasteiger charge is 2.68. The molecule has 0 saturated carbocycles. The Balaban J connectivity index is 1.46. The van der Waals surface area contributed by atoms with E-state index in [1.807, 2.05) is 0 Å². The first-order chi connectivity index (χ1) is 20.1. The minimum atomic E-state index is -1.93. The van der Waals surface area contributed by atoms with E-state index in [0.717, 1.165) is 4.90 Å². The molecule has 0 spiro atoms. The molecule has 0 aliphatic carbocycles. The summed E-state index contributed by atoms with van der Waals surface area (Å²) in [5.74, 6) is -4.27. The van der Waals surface area contributed by atoms with Crippen LogP contribution in [0.2, 0.25) is 0 Å². The van der Waals surface area contributed by atoms with Gasteiger partial charge < -0.3 is 14.6 Å². The zero-order valence-electron chi connectivity index (χ0n) is 22.3. The summed E-state index contributed by atoms with van der Waals surface area (Å²) >= 11 is 0. The maximum Gasteiger partial charge on any atom is 0.325 e. The number of aliphatic carboxylic acids is 1. The summed E-state index contributed by atoms with van der Waals surface area (Å²) in [5.41, 5.74) is -0.509. The number of nitrogens with zero attached hydrogens (tertiary/aromatic N) is 2. The van der Waals surface area contributed by atoms with Gasteiger partial charge in [0.05, 0.1) is 22.4 Å². The highest BCUT2D eigenvalue weighted by Crippen LogP contribution is 2.51. The van der Waals surface area contributed by atoms with Gasteiger partial charge in [0, 0.05) is 30.2 Å². The van der Waals surface area contributed by atoms with Crippen molar-refractivity contribution < 1.29 is 38.7 Å². The van der Waals surface area contributed by atoms with E-state index < -0.39 is 46.1 Å². The maximum absolute atomic E-state index is 14.1. The normalized spacial score (nSPS) is 24.4. The third-order valence-electron chi connectivity index (χ3n) is 8.12. The second kappa shape index (κ2) is 10.1. The first-order valence-electron chi connectivity index (χ1n) is 13.2. The number of imide groups is 1. The topological polar surface area (TPSA) is 165 Å². The number of rotatable bonds is 7. The highest BCUT2D eigenvalue weighted by molar-refractivity contribution is 6.24. The first kappa shape index (κ1) is 27.1. The number of anilines is 1. The molecule has 12 nitrogen and oxygen atoms in total. The number of carbonyl (C=O) groups is 4. The molecule has 3 aromatic rings. The molecule has 4 atom stereocenters. The van der Waals surface area contributed by atoms with Gasteiger partial charge in [-0.05, 0) is 54.4 Å². The van der Waals surface area contributed by atoms with Crippen molar-refractivity contribution >= 4 is 34.9 Å². The van der Waals surface area contributed by atoms with Gasteiger partial charge in [0.25, 0.3) is 5.69 Å². The van der Waals surface area contributed by atoms with Crippen LogP contribution in [0.25, 0.3) is 0 Å². The molecule has 3 aliphatic heterocycles.